The zero-order valence-electron chi connectivity index (χ0n) is 30.5. The summed E-state index contributed by atoms with van der Waals surface area (Å²) in [5.74, 6) is -0.524. The van der Waals surface area contributed by atoms with E-state index in [1.165, 1.54) is 53.8 Å². The number of para-hydroxylation sites is 1. The standard InChI is InChI=1S/C39H41ClN6O7S/c1-25-22-35(31-24-27(40)11-17-33(31)42-25)41-19-21-46(54(50,51)29-14-12-28(52-4)13-15-29)20-18-37(47)43-34-16-10-26(23-36(34)53-5)38(48)44-32-9-7-6-8-30(32)39(49)45(2)3/h6-17,22-24H,18-21H2,1-5H3,(H,41,42)(H,43,47)(H,44,48). The number of halogens is 1. The molecule has 0 unspecified atom stereocenters. The third-order valence-electron chi connectivity index (χ3n) is 8.41. The van der Waals surface area contributed by atoms with Crippen molar-refractivity contribution in [3.8, 4) is 11.5 Å². The molecule has 0 aliphatic carbocycles. The van der Waals surface area contributed by atoms with Gasteiger partial charge in [-0.1, -0.05) is 23.7 Å². The van der Waals surface area contributed by atoms with Gasteiger partial charge in [-0.05, 0) is 85.8 Å². The molecule has 0 saturated heterocycles. The molecular formula is C39H41ClN6O7S. The molecule has 3 amide bonds. The number of rotatable bonds is 15. The maximum absolute atomic E-state index is 13.9. The third-order valence-corrected chi connectivity index (χ3v) is 10.6. The maximum atomic E-state index is 13.9. The average Bonchev–Trinajstić information content (AvgIpc) is 3.16. The van der Waals surface area contributed by atoms with Crippen molar-refractivity contribution in [3.63, 3.8) is 0 Å². The number of aromatic nitrogens is 1. The molecule has 0 aliphatic rings. The number of hydrogen-bond acceptors (Lipinski definition) is 9. The number of amides is 3. The molecule has 1 aromatic heterocycles. The summed E-state index contributed by atoms with van der Waals surface area (Å²) in [6.07, 6.45) is -0.190. The third kappa shape index (κ3) is 9.44. The smallest absolute Gasteiger partial charge is 0.255 e. The SMILES string of the molecule is COc1ccc(S(=O)(=O)N(CCNc2cc(C)nc3ccc(Cl)cc23)CCC(=O)Nc2ccc(C(=O)Nc3ccccc3C(=O)N(C)C)cc2OC)cc1. The van der Waals surface area contributed by atoms with Gasteiger partial charge in [0.25, 0.3) is 11.8 Å². The minimum Gasteiger partial charge on any atom is -0.497 e. The van der Waals surface area contributed by atoms with E-state index in [1.807, 2.05) is 19.1 Å². The summed E-state index contributed by atoms with van der Waals surface area (Å²) in [6, 6.07) is 24.4. The topological polar surface area (TPSA) is 159 Å². The van der Waals surface area contributed by atoms with E-state index in [0.29, 0.717) is 22.0 Å². The van der Waals surface area contributed by atoms with Crippen molar-refractivity contribution in [2.45, 2.75) is 18.2 Å². The molecule has 3 N–H and O–H groups in total. The second-order valence-electron chi connectivity index (χ2n) is 12.4. The van der Waals surface area contributed by atoms with Crippen molar-refractivity contribution >= 4 is 67.3 Å². The van der Waals surface area contributed by atoms with Crippen LogP contribution in [0.2, 0.25) is 5.02 Å². The second-order valence-corrected chi connectivity index (χ2v) is 14.8. The van der Waals surface area contributed by atoms with Crippen molar-refractivity contribution < 1.29 is 32.3 Å². The molecule has 15 heteroatoms. The van der Waals surface area contributed by atoms with Crippen LogP contribution in [0.15, 0.2) is 95.9 Å². The van der Waals surface area contributed by atoms with Crippen molar-refractivity contribution in [2.24, 2.45) is 0 Å². The summed E-state index contributed by atoms with van der Waals surface area (Å²) in [4.78, 5) is 45.1. The minimum absolute atomic E-state index is 0.0292. The molecule has 13 nitrogen and oxygen atoms in total. The molecule has 0 saturated carbocycles. The molecule has 0 radical (unpaired) electrons. The van der Waals surface area contributed by atoms with E-state index in [-0.39, 0.29) is 53.9 Å². The first kappa shape index (κ1) is 39.5. The fourth-order valence-corrected chi connectivity index (χ4v) is 7.24. The van der Waals surface area contributed by atoms with E-state index in [2.05, 4.69) is 20.9 Å². The van der Waals surface area contributed by atoms with Crippen molar-refractivity contribution in [1.82, 2.24) is 14.2 Å². The van der Waals surface area contributed by atoms with Gasteiger partial charge >= 0.3 is 0 Å². The van der Waals surface area contributed by atoms with Crippen LogP contribution in [-0.2, 0) is 14.8 Å². The normalized spacial score (nSPS) is 11.2. The molecule has 5 aromatic rings. The molecule has 54 heavy (non-hydrogen) atoms. The summed E-state index contributed by atoms with van der Waals surface area (Å²) in [5.41, 5.74) is 3.44. The number of nitrogens with one attached hydrogen (secondary N) is 3. The lowest BCUT2D eigenvalue weighted by atomic mass is 10.1. The Balaban J connectivity index is 1.30. The molecule has 0 spiro atoms. The number of hydrogen-bond donors (Lipinski definition) is 3. The van der Waals surface area contributed by atoms with Crippen LogP contribution in [0.1, 0.15) is 32.8 Å². The molecule has 4 aromatic carbocycles. The molecule has 1 heterocycles. The highest BCUT2D eigenvalue weighted by Gasteiger charge is 2.26. The zero-order valence-corrected chi connectivity index (χ0v) is 32.0. The first-order valence-corrected chi connectivity index (χ1v) is 18.7. The molecule has 0 bridgehead atoms. The van der Waals surface area contributed by atoms with Crippen LogP contribution >= 0.6 is 11.6 Å². The zero-order chi connectivity index (χ0) is 39.0. The van der Waals surface area contributed by atoms with E-state index in [4.69, 9.17) is 21.1 Å². The highest BCUT2D eigenvalue weighted by Crippen LogP contribution is 2.29. The van der Waals surface area contributed by atoms with E-state index in [1.54, 1.807) is 62.6 Å². The molecule has 5 rings (SSSR count). The van der Waals surface area contributed by atoms with Gasteiger partial charge in [0, 0.05) is 67.5 Å². The Morgan fingerprint density at radius 2 is 1.56 bits per heavy atom. The van der Waals surface area contributed by atoms with Crippen LogP contribution < -0.4 is 25.4 Å². The van der Waals surface area contributed by atoms with Crippen LogP contribution in [0.3, 0.4) is 0 Å². The highest BCUT2D eigenvalue weighted by atomic mass is 35.5. The number of nitrogens with zero attached hydrogens (tertiary/aromatic N) is 3. The summed E-state index contributed by atoms with van der Waals surface area (Å²) < 4.78 is 39.7. The van der Waals surface area contributed by atoms with E-state index in [9.17, 15) is 22.8 Å². The summed E-state index contributed by atoms with van der Waals surface area (Å²) in [7, 11) is 2.09. The quantitative estimate of drug-likeness (QED) is 0.111. The van der Waals surface area contributed by atoms with Gasteiger partial charge in [-0.15, -0.1) is 0 Å². The van der Waals surface area contributed by atoms with Crippen molar-refractivity contribution in [3.05, 3.63) is 113 Å². The predicted molar refractivity (Wildman–Crippen MR) is 210 cm³/mol. The van der Waals surface area contributed by atoms with Gasteiger partial charge in [0.2, 0.25) is 15.9 Å². The van der Waals surface area contributed by atoms with Gasteiger partial charge in [-0.25, -0.2) is 8.42 Å². The number of carbonyl (C=O) groups is 3. The van der Waals surface area contributed by atoms with Gasteiger partial charge in [-0.3, -0.25) is 19.4 Å². The Kier molecular flexibility index (Phi) is 12.7. The van der Waals surface area contributed by atoms with Gasteiger partial charge in [0.15, 0.2) is 0 Å². The van der Waals surface area contributed by atoms with Crippen LogP contribution in [0.25, 0.3) is 10.9 Å². The lowest BCUT2D eigenvalue weighted by Crippen LogP contribution is -2.37. The molecule has 0 aliphatic heterocycles. The average molecular weight is 773 g/mol. The number of sulfonamides is 1. The fourth-order valence-electron chi connectivity index (χ4n) is 5.63. The number of fused-ring (bicyclic) bond motifs is 1. The highest BCUT2D eigenvalue weighted by molar-refractivity contribution is 7.89. The largest absolute Gasteiger partial charge is 0.497 e. The molecule has 0 fully saturated rings. The monoisotopic (exact) mass is 772 g/mol. The Morgan fingerprint density at radius 1 is 0.815 bits per heavy atom. The summed E-state index contributed by atoms with van der Waals surface area (Å²) >= 11 is 6.26. The predicted octanol–water partition coefficient (Wildman–Crippen LogP) is 6.30. The molecule has 282 valence electrons. The lowest BCUT2D eigenvalue weighted by molar-refractivity contribution is -0.116. The van der Waals surface area contributed by atoms with E-state index in [0.717, 1.165) is 22.3 Å². The number of methoxy groups -OCH3 is 2. The first-order valence-electron chi connectivity index (χ1n) is 16.9. The van der Waals surface area contributed by atoms with Gasteiger partial charge in [0.1, 0.15) is 11.5 Å². The van der Waals surface area contributed by atoms with Crippen molar-refractivity contribution in [2.75, 3.05) is 63.9 Å². The Labute approximate surface area is 319 Å². The number of anilines is 3. The Hall–Kier alpha value is -5.70. The number of pyridine rings is 1. The fraction of sp³-hybridized carbons (Fsp3) is 0.231. The van der Waals surface area contributed by atoms with Gasteiger partial charge in [0.05, 0.1) is 41.6 Å². The number of carbonyl (C=O) groups excluding carboxylic acids is 3. The maximum Gasteiger partial charge on any atom is 0.255 e. The summed E-state index contributed by atoms with van der Waals surface area (Å²) in [5, 5.41) is 10.2. The van der Waals surface area contributed by atoms with Gasteiger partial charge < -0.3 is 30.3 Å². The van der Waals surface area contributed by atoms with Crippen LogP contribution in [0.5, 0.6) is 11.5 Å². The Morgan fingerprint density at radius 3 is 2.26 bits per heavy atom. The van der Waals surface area contributed by atoms with E-state index >= 15 is 0 Å². The second kappa shape index (κ2) is 17.4. The molecular weight excluding hydrogens is 732 g/mol. The Bertz CT molecular complexity index is 2280. The van der Waals surface area contributed by atoms with Crippen molar-refractivity contribution in [1.29, 1.82) is 0 Å². The lowest BCUT2D eigenvalue weighted by Gasteiger charge is -2.23. The van der Waals surface area contributed by atoms with Crippen LogP contribution in [0, 0.1) is 6.92 Å². The van der Waals surface area contributed by atoms with E-state index < -0.39 is 21.8 Å². The number of aryl methyl sites for hydroxylation is 1. The number of ether oxygens (including phenoxy) is 2. The first-order chi connectivity index (χ1) is 25.8. The molecule has 0 atom stereocenters. The van der Waals surface area contributed by atoms with Gasteiger partial charge in [-0.2, -0.15) is 4.31 Å². The van der Waals surface area contributed by atoms with Crippen LogP contribution in [-0.4, -0.2) is 88.3 Å². The summed E-state index contributed by atoms with van der Waals surface area (Å²) in [6.45, 7) is 1.97. The number of benzene rings is 4. The van der Waals surface area contributed by atoms with Crippen LogP contribution in [0.4, 0.5) is 17.1 Å². The minimum atomic E-state index is -4.04.